The van der Waals surface area contributed by atoms with Crippen LogP contribution in [0, 0.1) is 56.2 Å². The molecule has 4 rings (SSSR count). The number of benzene rings is 1. The van der Waals surface area contributed by atoms with Crippen LogP contribution in [-0.4, -0.2) is 11.7 Å². The van der Waals surface area contributed by atoms with Crippen molar-refractivity contribution in [3.63, 3.8) is 0 Å². The molecule has 130 valence electrons. The van der Waals surface area contributed by atoms with Gasteiger partial charge < -0.3 is 9.47 Å². The molecule has 2 saturated heterocycles. The van der Waals surface area contributed by atoms with Gasteiger partial charge in [-0.25, -0.2) is 0 Å². The molecule has 7 heteroatoms. The summed E-state index contributed by atoms with van der Waals surface area (Å²) in [5.74, 6) is -1.92. The van der Waals surface area contributed by atoms with E-state index in [1.807, 2.05) is 6.07 Å². The molecule has 0 aromatic heterocycles. The number of hydrogen-bond donors (Lipinski definition) is 1. The average Bonchev–Trinajstić information content (AvgIpc) is 2.86. The van der Waals surface area contributed by atoms with Crippen molar-refractivity contribution in [1.29, 1.82) is 21.2 Å². The fourth-order valence-electron chi connectivity index (χ4n) is 4.83. The van der Waals surface area contributed by atoms with E-state index in [1.165, 1.54) is 0 Å². The summed E-state index contributed by atoms with van der Waals surface area (Å²) < 4.78 is 12.9. The summed E-state index contributed by atoms with van der Waals surface area (Å²) in [6, 6.07) is 13.5. The number of rotatable bonds is 1. The molecule has 3 aliphatic rings. The van der Waals surface area contributed by atoms with Gasteiger partial charge in [-0.3, -0.25) is 5.41 Å². The van der Waals surface area contributed by atoms with Gasteiger partial charge in [-0.05, 0) is 30.5 Å². The molecular weight excluding hydrogens is 396 g/mol. The van der Waals surface area contributed by atoms with Crippen molar-refractivity contribution in [3.05, 3.63) is 34.3 Å². The summed E-state index contributed by atoms with van der Waals surface area (Å²) in [5, 5.41) is 38.8. The summed E-state index contributed by atoms with van der Waals surface area (Å²) in [6.45, 7) is 0. The fourth-order valence-corrected chi connectivity index (χ4v) is 5.25. The average molecular weight is 411 g/mol. The third-order valence-corrected chi connectivity index (χ3v) is 6.46. The molecule has 0 unspecified atom stereocenters. The van der Waals surface area contributed by atoms with Crippen LogP contribution in [0.5, 0.6) is 0 Å². The number of nitrogens with one attached hydrogen (secondary N) is 1. The topological polar surface area (TPSA) is 114 Å². The van der Waals surface area contributed by atoms with Crippen molar-refractivity contribution in [2.75, 3.05) is 0 Å². The van der Waals surface area contributed by atoms with Gasteiger partial charge in [0, 0.05) is 10.9 Å². The molecule has 26 heavy (non-hydrogen) atoms. The molecule has 0 amide bonds. The first-order valence-corrected chi connectivity index (χ1v) is 9.24. The van der Waals surface area contributed by atoms with E-state index in [4.69, 9.17) is 14.9 Å². The quantitative estimate of drug-likeness (QED) is 0.752. The zero-order valence-corrected chi connectivity index (χ0v) is 15.4. The van der Waals surface area contributed by atoms with Crippen molar-refractivity contribution in [2.24, 2.45) is 16.7 Å². The summed E-state index contributed by atoms with van der Waals surface area (Å²) in [5.41, 5.74) is -2.88. The van der Waals surface area contributed by atoms with Gasteiger partial charge in [0.25, 0.3) is 0 Å². The molecule has 2 heterocycles. The Bertz CT molecular complexity index is 913. The predicted molar refractivity (Wildman–Crippen MR) is 93.2 cm³/mol. The largest absolute Gasteiger partial charge is 0.447 e. The SMILES string of the molecule is N#CC1(C#N)[C@H](c2cccc(Br)c2)O[C@@]23CCCC[C@@H]2[C@@]1(C#N)C(=N)O3. The zero-order chi connectivity index (χ0) is 18.6. The van der Waals surface area contributed by atoms with Crippen LogP contribution in [0.3, 0.4) is 0 Å². The first kappa shape index (κ1) is 17.0. The molecule has 2 bridgehead atoms. The monoisotopic (exact) mass is 410 g/mol. The van der Waals surface area contributed by atoms with Crippen molar-refractivity contribution in [1.82, 2.24) is 0 Å². The van der Waals surface area contributed by atoms with Gasteiger partial charge in [0.2, 0.25) is 17.1 Å². The minimum absolute atomic E-state index is 0.313. The van der Waals surface area contributed by atoms with E-state index in [2.05, 4.69) is 34.1 Å². The minimum Gasteiger partial charge on any atom is -0.447 e. The highest BCUT2D eigenvalue weighted by molar-refractivity contribution is 9.10. The Morgan fingerprint density at radius 3 is 2.58 bits per heavy atom. The van der Waals surface area contributed by atoms with Crippen LogP contribution in [0.4, 0.5) is 0 Å². The van der Waals surface area contributed by atoms with Crippen LogP contribution in [-0.2, 0) is 9.47 Å². The molecule has 1 aromatic rings. The number of nitriles is 3. The van der Waals surface area contributed by atoms with Crippen molar-refractivity contribution >= 4 is 21.8 Å². The van der Waals surface area contributed by atoms with Gasteiger partial charge in [-0.15, -0.1) is 0 Å². The van der Waals surface area contributed by atoms with E-state index >= 15 is 0 Å². The van der Waals surface area contributed by atoms with E-state index in [0.29, 0.717) is 18.4 Å². The summed E-state index contributed by atoms with van der Waals surface area (Å²) in [6.07, 6.45) is 1.85. The third-order valence-electron chi connectivity index (χ3n) is 5.97. The van der Waals surface area contributed by atoms with Gasteiger partial charge in [-0.2, -0.15) is 15.8 Å². The Balaban J connectivity index is 2.01. The lowest BCUT2D eigenvalue weighted by Crippen LogP contribution is -2.60. The Morgan fingerprint density at radius 2 is 1.92 bits per heavy atom. The van der Waals surface area contributed by atoms with Crippen molar-refractivity contribution in [3.8, 4) is 18.2 Å². The first-order chi connectivity index (χ1) is 12.5. The molecule has 0 spiro atoms. The van der Waals surface area contributed by atoms with Gasteiger partial charge in [0.1, 0.15) is 6.10 Å². The first-order valence-electron chi connectivity index (χ1n) is 8.45. The maximum atomic E-state index is 10.2. The molecule has 1 aromatic carbocycles. The molecule has 1 aliphatic carbocycles. The molecule has 6 nitrogen and oxygen atoms in total. The van der Waals surface area contributed by atoms with Gasteiger partial charge >= 0.3 is 0 Å². The Hall–Kier alpha value is -2.40. The molecule has 1 N–H and O–H groups in total. The summed E-state index contributed by atoms with van der Waals surface area (Å²) >= 11 is 3.41. The highest BCUT2D eigenvalue weighted by Gasteiger charge is 2.80. The van der Waals surface area contributed by atoms with Crippen LogP contribution in [0.1, 0.15) is 37.4 Å². The maximum absolute atomic E-state index is 10.2. The maximum Gasteiger partial charge on any atom is 0.217 e. The molecule has 2 aliphatic heterocycles. The lowest BCUT2D eigenvalue weighted by atomic mass is 9.51. The van der Waals surface area contributed by atoms with Crippen LogP contribution in [0.2, 0.25) is 0 Å². The lowest BCUT2D eigenvalue weighted by Gasteiger charge is -2.51. The Labute approximate surface area is 159 Å². The number of nitrogens with zero attached hydrogens (tertiary/aromatic N) is 3. The number of halogens is 1. The smallest absolute Gasteiger partial charge is 0.217 e. The lowest BCUT2D eigenvalue weighted by molar-refractivity contribution is -0.294. The van der Waals surface area contributed by atoms with E-state index in [-0.39, 0.29) is 5.90 Å². The molecule has 4 atom stereocenters. The van der Waals surface area contributed by atoms with E-state index in [1.54, 1.807) is 18.2 Å². The van der Waals surface area contributed by atoms with Gasteiger partial charge in [0.15, 0.2) is 5.41 Å². The van der Waals surface area contributed by atoms with Crippen LogP contribution in [0.25, 0.3) is 0 Å². The van der Waals surface area contributed by atoms with Crippen LogP contribution in [0.15, 0.2) is 28.7 Å². The highest BCUT2D eigenvalue weighted by Crippen LogP contribution is 2.69. The van der Waals surface area contributed by atoms with Crippen molar-refractivity contribution in [2.45, 2.75) is 37.6 Å². The highest BCUT2D eigenvalue weighted by atomic mass is 79.9. The second-order valence-corrected chi connectivity index (χ2v) is 7.96. The Morgan fingerprint density at radius 1 is 1.15 bits per heavy atom. The van der Waals surface area contributed by atoms with E-state index in [9.17, 15) is 15.8 Å². The minimum atomic E-state index is -1.86. The molecular formula is C19H15BrN4O2. The van der Waals surface area contributed by atoms with Gasteiger partial charge in [-0.1, -0.05) is 34.5 Å². The molecule has 1 saturated carbocycles. The predicted octanol–water partition coefficient (Wildman–Crippen LogP) is 3.96. The van der Waals surface area contributed by atoms with E-state index < -0.39 is 28.6 Å². The van der Waals surface area contributed by atoms with Crippen molar-refractivity contribution < 1.29 is 9.47 Å². The van der Waals surface area contributed by atoms with E-state index in [0.717, 1.165) is 17.3 Å². The summed E-state index contributed by atoms with van der Waals surface area (Å²) in [4.78, 5) is 0. The van der Waals surface area contributed by atoms with Gasteiger partial charge in [0.05, 0.1) is 24.1 Å². The second kappa shape index (κ2) is 5.55. The summed E-state index contributed by atoms with van der Waals surface area (Å²) in [7, 11) is 0. The normalized spacial score (nSPS) is 36.8. The molecule has 3 fully saturated rings. The molecule has 0 radical (unpaired) electrons. The third kappa shape index (κ3) is 1.79. The van der Waals surface area contributed by atoms with Crippen LogP contribution < -0.4 is 0 Å². The zero-order valence-electron chi connectivity index (χ0n) is 13.8. The number of hydrogen-bond acceptors (Lipinski definition) is 6. The standard InChI is InChI=1S/C19H15BrN4O2/c20-13-5-3-4-12(8-13)15-17(9-21,10-22)18(11-23)14-6-1-2-7-19(14,25-15)26-16(18)24/h3-5,8,14-15,24H,1-2,6-7H2/t14-,15+,18+,19-/m1/s1. The second-order valence-electron chi connectivity index (χ2n) is 7.05. The fraction of sp³-hybridized carbons (Fsp3) is 0.474. The van der Waals surface area contributed by atoms with Crippen LogP contribution >= 0.6 is 15.9 Å². The number of ether oxygens (including phenoxy) is 2. The Kier molecular flexibility index (Phi) is 3.63.